The van der Waals surface area contributed by atoms with Gasteiger partial charge in [0.15, 0.2) is 11.6 Å². The average Bonchev–Trinajstić information content (AvgIpc) is 3.28. The Hall–Kier alpha value is -3.19. The maximum Gasteiger partial charge on any atom is 0.253 e. The number of rotatable bonds is 5. The van der Waals surface area contributed by atoms with E-state index in [-0.39, 0.29) is 29.9 Å². The summed E-state index contributed by atoms with van der Waals surface area (Å²) in [6.45, 7) is 2.55. The van der Waals surface area contributed by atoms with Crippen LogP contribution >= 0.6 is 11.6 Å². The van der Waals surface area contributed by atoms with Crippen LogP contribution in [0.5, 0.6) is 0 Å². The summed E-state index contributed by atoms with van der Waals surface area (Å²) in [4.78, 5) is 16.6. The lowest BCUT2D eigenvalue weighted by Gasteiger charge is -2.32. The number of hydrogen-bond donors (Lipinski definition) is 1. The maximum atomic E-state index is 14.5. The SMILES string of the molecule is Cc1cc(C(=O)N2CC[C@H](N(Cc3cccc(F)c3F)c3ccc(N)c(Cl)c3)C2)ccc1F. The van der Waals surface area contributed by atoms with E-state index in [1.54, 1.807) is 30.0 Å². The Morgan fingerprint density at radius 2 is 1.91 bits per heavy atom. The lowest BCUT2D eigenvalue weighted by molar-refractivity contribution is 0.0790. The van der Waals surface area contributed by atoms with Gasteiger partial charge < -0.3 is 15.5 Å². The van der Waals surface area contributed by atoms with E-state index in [0.29, 0.717) is 47.0 Å². The molecule has 8 heteroatoms. The molecule has 1 fully saturated rings. The molecule has 3 aromatic rings. The number of likely N-dealkylation sites (tertiary alicyclic amines) is 1. The number of halogens is 4. The highest BCUT2D eigenvalue weighted by Gasteiger charge is 2.32. The molecule has 172 valence electrons. The normalized spacial score (nSPS) is 15.7. The van der Waals surface area contributed by atoms with Gasteiger partial charge in [0, 0.05) is 42.5 Å². The molecule has 0 saturated carbocycles. The molecule has 1 aliphatic rings. The predicted molar refractivity (Wildman–Crippen MR) is 124 cm³/mol. The van der Waals surface area contributed by atoms with Gasteiger partial charge in [-0.2, -0.15) is 0 Å². The van der Waals surface area contributed by atoms with Gasteiger partial charge in [0.1, 0.15) is 5.82 Å². The third-order valence-electron chi connectivity index (χ3n) is 5.98. The first-order valence-corrected chi connectivity index (χ1v) is 10.9. The highest BCUT2D eigenvalue weighted by molar-refractivity contribution is 6.33. The third kappa shape index (κ3) is 4.78. The topological polar surface area (TPSA) is 49.6 Å². The minimum Gasteiger partial charge on any atom is -0.398 e. The van der Waals surface area contributed by atoms with E-state index in [9.17, 15) is 18.0 Å². The zero-order valence-corrected chi connectivity index (χ0v) is 18.7. The van der Waals surface area contributed by atoms with E-state index in [0.717, 1.165) is 6.07 Å². The average molecular weight is 474 g/mol. The first-order chi connectivity index (χ1) is 15.7. The summed E-state index contributed by atoms with van der Waals surface area (Å²) in [6, 6.07) is 13.3. The fourth-order valence-corrected chi connectivity index (χ4v) is 4.30. The Morgan fingerprint density at radius 3 is 2.64 bits per heavy atom. The Bertz CT molecular complexity index is 1200. The third-order valence-corrected chi connectivity index (χ3v) is 6.31. The number of nitrogen functional groups attached to an aromatic ring is 1. The number of carbonyl (C=O) groups is 1. The van der Waals surface area contributed by atoms with E-state index < -0.39 is 11.6 Å². The molecule has 4 rings (SSSR count). The molecule has 3 aromatic carbocycles. The molecule has 0 bridgehead atoms. The van der Waals surface area contributed by atoms with Crippen molar-refractivity contribution in [3.8, 4) is 0 Å². The fraction of sp³-hybridized carbons (Fsp3) is 0.240. The largest absolute Gasteiger partial charge is 0.398 e. The summed E-state index contributed by atoms with van der Waals surface area (Å²) in [6.07, 6.45) is 0.616. The van der Waals surface area contributed by atoms with Crippen LogP contribution in [0.1, 0.15) is 27.9 Å². The van der Waals surface area contributed by atoms with Gasteiger partial charge in [-0.3, -0.25) is 4.79 Å². The van der Waals surface area contributed by atoms with Crippen LogP contribution in [0.15, 0.2) is 54.6 Å². The second-order valence-electron chi connectivity index (χ2n) is 8.20. The molecular formula is C25H23ClF3N3O. The Labute approximate surface area is 195 Å². The molecule has 0 spiro atoms. The molecule has 0 aliphatic carbocycles. The van der Waals surface area contributed by atoms with Crippen molar-refractivity contribution in [2.75, 3.05) is 23.7 Å². The Kier molecular flexibility index (Phi) is 6.51. The van der Waals surface area contributed by atoms with Crippen molar-refractivity contribution in [2.45, 2.75) is 25.9 Å². The second-order valence-corrected chi connectivity index (χ2v) is 8.61. The molecule has 1 atom stereocenters. The number of nitrogens with two attached hydrogens (primary N) is 1. The lowest BCUT2D eigenvalue weighted by Crippen LogP contribution is -2.39. The molecule has 33 heavy (non-hydrogen) atoms. The van der Waals surface area contributed by atoms with Crippen molar-refractivity contribution in [3.05, 3.63) is 93.8 Å². The van der Waals surface area contributed by atoms with Crippen LogP contribution in [0.3, 0.4) is 0 Å². The van der Waals surface area contributed by atoms with Gasteiger partial charge >= 0.3 is 0 Å². The number of aryl methyl sites for hydroxylation is 1. The van der Waals surface area contributed by atoms with Crippen molar-refractivity contribution < 1.29 is 18.0 Å². The first kappa shape index (κ1) is 23.0. The minimum absolute atomic E-state index is 0.0895. The zero-order valence-electron chi connectivity index (χ0n) is 18.0. The molecule has 0 radical (unpaired) electrons. The monoisotopic (exact) mass is 473 g/mol. The molecule has 1 saturated heterocycles. The van der Waals surface area contributed by atoms with Crippen LogP contribution < -0.4 is 10.6 Å². The molecule has 1 aliphatic heterocycles. The molecule has 1 amide bonds. The lowest BCUT2D eigenvalue weighted by atomic mass is 10.1. The summed E-state index contributed by atoms with van der Waals surface area (Å²) in [5.41, 5.74) is 7.95. The number of benzene rings is 3. The molecular weight excluding hydrogens is 451 g/mol. The number of anilines is 2. The smallest absolute Gasteiger partial charge is 0.253 e. The van der Waals surface area contributed by atoms with Gasteiger partial charge in [-0.25, -0.2) is 13.2 Å². The van der Waals surface area contributed by atoms with Gasteiger partial charge in [0.05, 0.1) is 10.7 Å². The Morgan fingerprint density at radius 1 is 1.12 bits per heavy atom. The van der Waals surface area contributed by atoms with Gasteiger partial charge in [-0.15, -0.1) is 0 Å². The molecule has 0 aromatic heterocycles. The highest BCUT2D eigenvalue weighted by Crippen LogP contribution is 2.31. The first-order valence-electron chi connectivity index (χ1n) is 10.5. The number of nitrogens with zero attached hydrogens (tertiary/aromatic N) is 2. The van der Waals surface area contributed by atoms with E-state index >= 15 is 0 Å². The predicted octanol–water partition coefficient (Wildman–Crippen LogP) is 5.57. The maximum absolute atomic E-state index is 14.5. The number of amides is 1. The molecule has 0 unspecified atom stereocenters. The molecule has 1 heterocycles. The fourth-order valence-electron chi connectivity index (χ4n) is 4.12. The van der Waals surface area contributed by atoms with E-state index in [1.165, 1.54) is 30.3 Å². The second kappa shape index (κ2) is 9.35. The van der Waals surface area contributed by atoms with Crippen LogP contribution in [0.2, 0.25) is 5.02 Å². The van der Waals surface area contributed by atoms with Crippen LogP contribution in [0, 0.1) is 24.4 Å². The summed E-state index contributed by atoms with van der Waals surface area (Å²) in [7, 11) is 0. The number of hydrogen-bond acceptors (Lipinski definition) is 3. The van der Waals surface area contributed by atoms with E-state index in [1.807, 2.05) is 4.90 Å². The van der Waals surface area contributed by atoms with E-state index in [4.69, 9.17) is 17.3 Å². The summed E-state index contributed by atoms with van der Waals surface area (Å²) >= 11 is 6.23. The van der Waals surface area contributed by atoms with Gasteiger partial charge in [0.25, 0.3) is 5.91 Å². The minimum atomic E-state index is -0.919. The van der Waals surface area contributed by atoms with Crippen LogP contribution in [-0.4, -0.2) is 29.9 Å². The highest BCUT2D eigenvalue weighted by atomic mass is 35.5. The summed E-state index contributed by atoms with van der Waals surface area (Å²) < 4.78 is 41.9. The number of carbonyl (C=O) groups excluding carboxylic acids is 1. The van der Waals surface area contributed by atoms with Crippen LogP contribution in [-0.2, 0) is 6.54 Å². The van der Waals surface area contributed by atoms with Crippen molar-refractivity contribution in [1.29, 1.82) is 0 Å². The summed E-state index contributed by atoms with van der Waals surface area (Å²) in [5.74, 6) is -2.39. The van der Waals surface area contributed by atoms with Crippen molar-refractivity contribution >= 4 is 28.9 Å². The Balaban J connectivity index is 1.61. The van der Waals surface area contributed by atoms with Crippen molar-refractivity contribution in [2.24, 2.45) is 0 Å². The summed E-state index contributed by atoms with van der Waals surface area (Å²) in [5, 5.41) is 0.352. The zero-order chi connectivity index (χ0) is 23.7. The van der Waals surface area contributed by atoms with E-state index in [2.05, 4.69) is 0 Å². The quantitative estimate of drug-likeness (QED) is 0.493. The molecule has 2 N–H and O–H groups in total. The van der Waals surface area contributed by atoms with Gasteiger partial charge in [-0.1, -0.05) is 23.7 Å². The van der Waals surface area contributed by atoms with Crippen molar-refractivity contribution in [1.82, 2.24) is 4.90 Å². The van der Waals surface area contributed by atoms with Gasteiger partial charge in [0.2, 0.25) is 0 Å². The van der Waals surface area contributed by atoms with Crippen LogP contribution in [0.25, 0.3) is 0 Å². The van der Waals surface area contributed by atoms with Crippen molar-refractivity contribution in [3.63, 3.8) is 0 Å². The molecule has 4 nitrogen and oxygen atoms in total. The van der Waals surface area contributed by atoms with Gasteiger partial charge in [-0.05, 0) is 61.4 Å². The van der Waals surface area contributed by atoms with Crippen LogP contribution in [0.4, 0.5) is 24.5 Å². The standard InChI is InChI=1S/C25H23ClF3N3O/c1-15-11-16(5-7-21(15)27)25(33)31-10-9-19(14-31)32(18-6-8-23(30)20(26)12-18)13-17-3-2-4-22(28)24(17)29/h2-8,11-12,19H,9-10,13-14,30H2,1H3/t19-/m0/s1.